The third-order valence-corrected chi connectivity index (χ3v) is 14.1. The minimum atomic E-state index is -0.973. The molecule has 1 saturated heterocycles. The van der Waals surface area contributed by atoms with Crippen LogP contribution in [0.25, 0.3) is 0 Å². The highest BCUT2D eigenvalue weighted by molar-refractivity contribution is 8.39. The van der Waals surface area contributed by atoms with E-state index in [4.69, 9.17) is 85.3 Å². The Morgan fingerprint density at radius 1 is 0.459 bits per heavy atom. The quantitative estimate of drug-likeness (QED) is 0.0387. The second kappa shape index (κ2) is 56.3. The number of carbonyl (C=O) groups is 6. The molecule has 25 nitrogen and oxygen atoms in total. The summed E-state index contributed by atoms with van der Waals surface area (Å²) < 4.78 is 98.8. The fourth-order valence-electron chi connectivity index (χ4n) is 7.63. The van der Waals surface area contributed by atoms with Gasteiger partial charge in [0, 0.05) is 65.6 Å². The van der Waals surface area contributed by atoms with E-state index in [0.29, 0.717) is 223 Å². The highest BCUT2D eigenvalue weighted by Crippen LogP contribution is 2.35. The maximum atomic E-state index is 12.3. The van der Waals surface area contributed by atoms with E-state index in [1.807, 2.05) is 6.92 Å². The molecule has 1 aliphatic heterocycles. The molecule has 27 heteroatoms. The normalized spacial score (nSPS) is 17.5. The summed E-state index contributed by atoms with van der Waals surface area (Å²) in [5, 5.41) is 9.45. The molecular formula is C58H101NO24S2. The van der Waals surface area contributed by atoms with E-state index in [1.54, 1.807) is 13.8 Å². The predicted octanol–water partition coefficient (Wildman–Crippen LogP) is 5.93. The van der Waals surface area contributed by atoms with Crippen molar-refractivity contribution >= 4 is 57.4 Å². The molecule has 0 aromatic heterocycles. The lowest BCUT2D eigenvalue weighted by Gasteiger charge is -2.43. The van der Waals surface area contributed by atoms with E-state index in [9.17, 15) is 34.0 Å². The molecule has 1 heterocycles. The van der Waals surface area contributed by atoms with Crippen molar-refractivity contribution in [1.29, 1.82) is 5.26 Å². The van der Waals surface area contributed by atoms with Crippen LogP contribution in [0, 0.1) is 17.2 Å². The zero-order chi connectivity index (χ0) is 62.3. The monoisotopic (exact) mass is 1260 g/mol. The fourth-order valence-corrected chi connectivity index (χ4v) is 9.62. The van der Waals surface area contributed by atoms with Gasteiger partial charge in [-0.1, -0.05) is 50.2 Å². The van der Waals surface area contributed by atoms with Crippen molar-refractivity contribution in [3.8, 4) is 6.07 Å². The Morgan fingerprint density at radius 2 is 0.835 bits per heavy atom. The van der Waals surface area contributed by atoms with Gasteiger partial charge in [-0.25, -0.2) is 0 Å². The van der Waals surface area contributed by atoms with Crippen LogP contribution in [0.2, 0.25) is 0 Å². The standard InChI is InChI=1S/C58H101NO24S2/c1-7-84-57(65)85-58(6,46-59)17-15-51(63)14-12-18-66-21-23-68-25-27-70-29-31-72-33-35-74-37-39-76-41-43-78-44-42-77-40-38-75-36-34-73-32-30-71-28-26-69-24-22-67-20-16-52(64)13-10-8-9-11-19-79-56-47(2)54(81-49(4)61)55(82-50(5)62)53(83-56)45-80-48(3)60/h47,53-56H,7-45H2,1-6H3/t47-,53-,54-,55+,56-,58?/m0/s1. The first-order valence-corrected chi connectivity index (χ1v) is 31.6. The molecule has 1 rings (SSSR count). The number of nitriles is 1. The predicted molar refractivity (Wildman–Crippen MR) is 313 cm³/mol. The van der Waals surface area contributed by atoms with E-state index >= 15 is 0 Å². The molecule has 0 amide bonds. The zero-order valence-electron chi connectivity index (χ0n) is 51.5. The Kier molecular flexibility index (Phi) is 53.0. The van der Waals surface area contributed by atoms with Crippen LogP contribution in [0.5, 0.6) is 0 Å². The summed E-state index contributed by atoms with van der Waals surface area (Å²) in [6, 6.07) is 2.17. The number of unbranched alkanes of at least 4 members (excludes halogenated alkanes) is 3. The molecule has 494 valence electrons. The molecule has 0 aliphatic carbocycles. The second-order valence-electron chi connectivity index (χ2n) is 19.4. The van der Waals surface area contributed by atoms with Crippen LogP contribution in [0.1, 0.15) is 106 Å². The number of esters is 3. The van der Waals surface area contributed by atoms with Crippen molar-refractivity contribution in [2.75, 3.05) is 191 Å². The maximum Gasteiger partial charge on any atom is 0.303 e. The van der Waals surface area contributed by atoms with Gasteiger partial charge < -0.3 is 85.3 Å². The summed E-state index contributed by atoms with van der Waals surface area (Å²) >= 11 is 2.18. The van der Waals surface area contributed by atoms with Crippen LogP contribution >= 0.6 is 23.5 Å². The van der Waals surface area contributed by atoms with Crippen LogP contribution in [0.4, 0.5) is 4.79 Å². The molecule has 0 aromatic rings. The molecule has 0 radical (unpaired) electrons. The Hall–Kier alpha value is -2.99. The molecule has 1 unspecified atom stereocenters. The van der Waals surface area contributed by atoms with Gasteiger partial charge in [0.15, 0.2) is 12.4 Å². The number of carbonyl (C=O) groups excluding carboxylic acids is 6. The summed E-state index contributed by atoms with van der Waals surface area (Å²) in [5.74, 6) is -1.29. The molecule has 1 aliphatic rings. The first-order valence-electron chi connectivity index (χ1n) is 29.8. The van der Waals surface area contributed by atoms with Crippen molar-refractivity contribution in [1.82, 2.24) is 0 Å². The van der Waals surface area contributed by atoms with Gasteiger partial charge in [0.05, 0.1) is 171 Å². The van der Waals surface area contributed by atoms with Gasteiger partial charge in [-0.2, -0.15) is 5.26 Å². The maximum absolute atomic E-state index is 12.3. The number of ketones is 2. The van der Waals surface area contributed by atoms with E-state index < -0.39 is 53.2 Å². The van der Waals surface area contributed by atoms with Crippen LogP contribution < -0.4 is 0 Å². The third kappa shape index (κ3) is 48.6. The lowest BCUT2D eigenvalue weighted by molar-refractivity contribution is -0.288. The van der Waals surface area contributed by atoms with Gasteiger partial charge in [-0.15, -0.1) is 0 Å². The Balaban J connectivity index is 1.78. The van der Waals surface area contributed by atoms with Gasteiger partial charge >= 0.3 is 17.9 Å². The minimum Gasteiger partial charge on any atom is -0.463 e. The number of nitrogens with zero attached hydrogens (tertiary/aromatic N) is 1. The SMILES string of the molecule is CCSC(=O)SC(C)(C#N)CCC(=O)CCCOCCOCCOCCOCCOCCOCCOCCOCCOCCOCCOCCOCCOCCC(=O)CCCCCCO[C@H]1O[C@@H](COC(C)=O)[C@@H](OC(C)=O)[C@@H](OC(C)=O)[C@@H]1C. The van der Waals surface area contributed by atoms with Crippen molar-refractivity contribution in [3.63, 3.8) is 0 Å². The Labute approximate surface area is 512 Å². The molecule has 1 fully saturated rings. The number of thioether (sulfide) groups is 2. The Morgan fingerprint density at radius 3 is 1.24 bits per heavy atom. The smallest absolute Gasteiger partial charge is 0.303 e. The summed E-state index contributed by atoms with van der Waals surface area (Å²) in [6.07, 6.45) is 2.03. The molecular weight excluding hydrogens is 1160 g/mol. The van der Waals surface area contributed by atoms with Crippen LogP contribution in [-0.2, 0) is 109 Å². The summed E-state index contributed by atoms with van der Waals surface area (Å²) in [5.41, 5.74) is 0. The number of Topliss-reactive ketones (excluding diaryl/α,β-unsaturated/α-hetero) is 2. The molecule has 0 saturated carbocycles. The molecule has 0 N–H and O–H groups in total. The van der Waals surface area contributed by atoms with Gasteiger partial charge in [-0.3, -0.25) is 28.8 Å². The highest BCUT2D eigenvalue weighted by Gasteiger charge is 2.49. The van der Waals surface area contributed by atoms with Gasteiger partial charge in [-0.05, 0) is 38.4 Å². The van der Waals surface area contributed by atoms with Gasteiger partial charge in [0.25, 0.3) is 0 Å². The highest BCUT2D eigenvalue weighted by atomic mass is 32.2. The number of ether oxygens (including phenoxy) is 18. The summed E-state index contributed by atoms with van der Waals surface area (Å²) in [6.45, 7) is 20.7. The van der Waals surface area contributed by atoms with Gasteiger partial charge in [0.2, 0.25) is 4.45 Å². The molecule has 0 spiro atoms. The average Bonchev–Trinajstić information content (AvgIpc) is 3.67. The summed E-state index contributed by atoms with van der Waals surface area (Å²) in [4.78, 5) is 71.5. The van der Waals surface area contributed by atoms with E-state index in [1.165, 1.54) is 32.5 Å². The van der Waals surface area contributed by atoms with Crippen molar-refractivity contribution in [3.05, 3.63) is 0 Å². The molecule has 0 bridgehead atoms. The number of rotatable bonds is 60. The van der Waals surface area contributed by atoms with E-state index in [2.05, 4.69) is 6.07 Å². The van der Waals surface area contributed by atoms with Crippen LogP contribution in [-0.4, -0.2) is 254 Å². The van der Waals surface area contributed by atoms with Crippen molar-refractivity contribution in [2.24, 2.45) is 5.92 Å². The fraction of sp³-hybridized carbons (Fsp3) is 0.879. The van der Waals surface area contributed by atoms with Gasteiger partial charge in [0.1, 0.15) is 35.1 Å². The van der Waals surface area contributed by atoms with E-state index in [-0.39, 0.29) is 29.0 Å². The average molecular weight is 1260 g/mol. The second-order valence-corrected chi connectivity index (χ2v) is 22.4. The molecule has 85 heavy (non-hydrogen) atoms. The first kappa shape index (κ1) is 80.0. The first-order chi connectivity index (χ1) is 41.2. The van der Waals surface area contributed by atoms with E-state index in [0.717, 1.165) is 31.0 Å². The summed E-state index contributed by atoms with van der Waals surface area (Å²) in [7, 11) is 0. The van der Waals surface area contributed by atoms with Crippen LogP contribution in [0.15, 0.2) is 0 Å². The van der Waals surface area contributed by atoms with Crippen molar-refractivity contribution in [2.45, 2.75) is 135 Å². The van der Waals surface area contributed by atoms with Crippen LogP contribution in [0.3, 0.4) is 0 Å². The lowest BCUT2D eigenvalue weighted by atomic mass is 9.92. The molecule has 0 aromatic carbocycles. The zero-order valence-corrected chi connectivity index (χ0v) is 53.2. The third-order valence-electron chi connectivity index (χ3n) is 12.1. The largest absolute Gasteiger partial charge is 0.463 e. The molecule has 6 atom stereocenters. The number of hydrogen-bond acceptors (Lipinski definition) is 27. The number of hydrogen-bond donors (Lipinski definition) is 0. The lowest BCUT2D eigenvalue weighted by Crippen LogP contribution is -2.58. The Bertz CT molecular complexity index is 1750. The topological polar surface area (TPSA) is 292 Å². The minimum absolute atomic E-state index is 0.0607. The van der Waals surface area contributed by atoms with Crippen molar-refractivity contribution < 1.29 is 114 Å².